The van der Waals surface area contributed by atoms with Gasteiger partial charge in [0.1, 0.15) is 17.7 Å². The van der Waals surface area contributed by atoms with Gasteiger partial charge >= 0.3 is 0 Å². The van der Waals surface area contributed by atoms with Crippen molar-refractivity contribution in [3.8, 4) is 12.1 Å². The standard InChI is InChI=1S/C17H12N4O/c18-10-13-6-4-5-9-16(13)21-17(22)14(11-19)12-20-15-7-2-1-3-8-15/h1-9,12,20H,(H,21,22)/b14-12-. The largest absolute Gasteiger partial charge is 0.360 e. The molecule has 0 saturated carbocycles. The van der Waals surface area contributed by atoms with Crippen LogP contribution in [0.5, 0.6) is 0 Å². The van der Waals surface area contributed by atoms with Crippen LogP contribution in [-0.4, -0.2) is 5.91 Å². The number of hydrogen-bond donors (Lipinski definition) is 2. The average molecular weight is 288 g/mol. The van der Waals surface area contributed by atoms with Crippen molar-refractivity contribution < 1.29 is 4.79 Å². The Kier molecular flexibility index (Phi) is 4.90. The first kappa shape index (κ1) is 14.8. The molecule has 5 heteroatoms. The van der Waals surface area contributed by atoms with Gasteiger partial charge in [0.15, 0.2) is 0 Å². The number of nitriles is 2. The first-order valence-corrected chi connectivity index (χ1v) is 6.47. The maximum absolute atomic E-state index is 12.1. The Balaban J connectivity index is 2.13. The maximum Gasteiger partial charge on any atom is 0.267 e. The van der Waals surface area contributed by atoms with Gasteiger partial charge in [-0.25, -0.2) is 0 Å². The van der Waals surface area contributed by atoms with Gasteiger partial charge < -0.3 is 10.6 Å². The monoisotopic (exact) mass is 288 g/mol. The van der Waals surface area contributed by atoms with E-state index in [9.17, 15) is 4.79 Å². The van der Waals surface area contributed by atoms with E-state index in [2.05, 4.69) is 10.6 Å². The van der Waals surface area contributed by atoms with Crippen molar-refractivity contribution in [2.75, 3.05) is 10.6 Å². The molecule has 0 aliphatic rings. The highest BCUT2D eigenvalue weighted by molar-refractivity contribution is 6.07. The molecule has 5 nitrogen and oxygen atoms in total. The van der Waals surface area contributed by atoms with E-state index in [-0.39, 0.29) is 5.57 Å². The zero-order valence-electron chi connectivity index (χ0n) is 11.6. The molecule has 22 heavy (non-hydrogen) atoms. The molecular weight excluding hydrogens is 276 g/mol. The summed E-state index contributed by atoms with van der Waals surface area (Å²) in [5, 5.41) is 23.5. The lowest BCUT2D eigenvalue weighted by Gasteiger charge is -2.06. The molecule has 1 amide bonds. The minimum absolute atomic E-state index is 0.0865. The summed E-state index contributed by atoms with van der Waals surface area (Å²) in [5.74, 6) is -0.575. The average Bonchev–Trinajstić information content (AvgIpc) is 2.57. The van der Waals surface area contributed by atoms with Gasteiger partial charge in [0, 0.05) is 11.9 Å². The number of amides is 1. The van der Waals surface area contributed by atoms with Crippen molar-refractivity contribution in [3.63, 3.8) is 0 Å². The van der Waals surface area contributed by atoms with E-state index in [1.807, 2.05) is 42.5 Å². The number of para-hydroxylation sites is 2. The normalized spacial score (nSPS) is 10.2. The van der Waals surface area contributed by atoms with E-state index in [4.69, 9.17) is 10.5 Å². The van der Waals surface area contributed by atoms with Crippen LogP contribution in [0.15, 0.2) is 66.4 Å². The van der Waals surface area contributed by atoms with Crippen LogP contribution >= 0.6 is 0 Å². The zero-order chi connectivity index (χ0) is 15.8. The molecule has 2 N–H and O–H groups in total. The van der Waals surface area contributed by atoms with Gasteiger partial charge in [-0.15, -0.1) is 0 Å². The molecule has 0 atom stereocenters. The summed E-state index contributed by atoms with van der Waals surface area (Å²) in [5.41, 5.74) is 1.39. The van der Waals surface area contributed by atoms with E-state index in [0.717, 1.165) is 5.69 Å². The van der Waals surface area contributed by atoms with Gasteiger partial charge in [0.05, 0.1) is 11.3 Å². The Labute approximate surface area is 128 Å². The molecule has 0 aliphatic heterocycles. The van der Waals surface area contributed by atoms with Crippen LogP contribution in [0, 0.1) is 22.7 Å². The number of anilines is 2. The topological polar surface area (TPSA) is 88.7 Å². The highest BCUT2D eigenvalue weighted by atomic mass is 16.1. The number of carbonyl (C=O) groups excluding carboxylic acids is 1. The third-order valence-electron chi connectivity index (χ3n) is 2.82. The molecule has 0 radical (unpaired) electrons. The smallest absolute Gasteiger partial charge is 0.267 e. The molecule has 0 spiro atoms. The zero-order valence-corrected chi connectivity index (χ0v) is 11.6. The number of rotatable bonds is 4. The van der Waals surface area contributed by atoms with E-state index in [0.29, 0.717) is 11.3 Å². The van der Waals surface area contributed by atoms with Crippen LogP contribution in [0.25, 0.3) is 0 Å². The summed E-state index contributed by atoms with van der Waals surface area (Å²) in [7, 11) is 0. The van der Waals surface area contributed by atoms with Crippen LogP contribution in [0.3, 0.4) is 0 Å². The van der Waals surface area contributed by atoms with Crippen molar-refractivity contribution in [2.45, 2.75) is 0 Å². The molecule has 2 aromatic rings. The minimum Gasteiger partial charge on any atom is -0.360 e. The first-order valence-electron chi connectivity index (χ1n) is 6.47. The van der Waals surface area contributed by atoms with Crippen LogP contribution in [0.4, 0.5) is 11.4 Å². The van der Waals surface area contributed by atoms with Gasteiger partial charge in [-0.3, -0.25) is 4.79 Å². The van der Waals surface area contributed by atoms with Crippen molar-refractivity contribution in [2.24, 2.45) is 0 Å². The van der Waals surface area contributed by atoms with Gasteiger partial charge in [-0.2, -0.15) is 10.5 Å². The van der Waals surface area contributed by atoms with Crippen LogP contribution in [0.1, 0.15) is 5.56 Å². The van der Waals surface area contributed by atoms with Crippen LogP contribution in [0.2, 0.25) is 0 Å². The second kappa shape index (κ2) is 7.28. The Morgan fingerprint density at radius 1 is 1.00 bits per heavy atom. The second-order valence-electron chi connectivity index (χ2n) is 4.29. The number of benzene rings is 2. The summed E-state index contributed by atoms with van der Waals surface area (Å²) in [4.78, 5) is 12.1. The molecule has 0 aliphatic carbocycles. The molecule has 0 unspecified atom stereocenters. The summed E-state index contributed by atoms with van der Waals surface area (Å²) in [6, 6.07) is 19.6. The number of hydrogen-bond acceptors (Lipinski definition) is 4. The van der Waals surface area contributed by atoms with Gasteiger partial charge in [0.2, 0.25) is 0 Å². The Hall–Kier alpha value is -3.57. The maximum atomic E-state index is 12.1. The predicted molar refractivity (Wildman–Crippen MR) is 83.5 cm³/mol. The fraction of sp³-hybridized carbons (Fsp3) is 0. The fourth-order valence-electron chi connectivity index (χ4n) is 1.72. The molecule has 0 heterocycles. The third-order valence-corrected chi connectivity index (χ3v) is 2.82. The van der Waals surface area contributed by atoms with E-state index >= 15 is 0 Å². The SMILES string of the molecule is N#C/C(=C/Nc1ccccc1)C(=O)Nc1ccccc1C#N. The summed E-state index contributed by atoms with van der Waals surface area (Å²) >= 11 is 0. The van der Waals surface area contributed by atoms with E-state index < -0.39 is 5.91 Å². The van der Waals surface area contributed by atoms with Crippen molar-refractivity contribution in [1.82, 2.24) is 0 Å². The van der Waals surface area contributed by atoms with Gasteiger partial charge in [-0.1, -0.05) is 30.3 Å². The lowest BCUT2D eigenvalue weighted by Crippen LogP contribution is -2.15. The van der Waals surface area contributed by atoms with Gasteiger partial charge in [-0.05, 0) is 24.3 Å². The van der Waals surface area contributed by atoms with Crippen LogP contribution < -0.4 is 10.6 Å². The molecule has 2 rings (SSSR count). The van der Waals surface area contributed by atoms with E-state index in [1.54, 1.807) is 24.3 Å². The van der Waals surface area contributed by atoms with Crippen molar-refractivity contribution in [1.29, 1.82) is 10.5 Å². The Bertz CT molecular complexity index is 782. The predicted octanol–water partition coefficient (Wildman–Crippen LogP) is 3.02. The molecule has 0 saturated heterocycles. The Morgan fingerprint density at radius 2 is 1.68 bits per heavy atom. The first-order chi connectivity index (χ1) is 10.7. The third kappa shape index (κ3) is 3.72. The van der Waals surface area contributed by atoms with Crippen molar-refractivity contribution in [3.05, 3.63) is 71.9 Å². The van der Waals surface area contributed by atoms with Crippen LogP contribution in [-0.2, 0) is 4.79 Å². The highest BCUT2D eigenvalue weighted by Crippen LogP contribution is 2.14. The number of nitrogens with zero attached hydrogens (tertiary/aromatic N) is 2. The van der Waals surface area contributed by atoms with E-state index in [1.165, 1.54) is 6.20 Å². The molecule has 0 bridgehead atoms. The molecular formula is C17H12N4O. The Morgan fingerprint density at radius 3 is 2.36 bits per heavy atom. The highest BCUT2D eigenvalue weighted by Gasteiger charge is 2.11. The lowest BCUT2D eigenvalue weighted by molar-refractivity contribution is -0.112. The molecule has 0 fully saturated rings. The lowest BCUT2D eigenvalue weighted by atomic mass is 10.2. The number of carbonyl (C=O) groups is 1. The second-order valence-corrected chi connectivity index (χ2v) is 4.29. The summed E-state index contributed by atoms with van der Waals surface area (Å²) in [6.07, 6.45) is 1.33. The quantitative estimate of drug-likeness (QED) is 0.668. The number of nitrogens with one attached hydrogen (secondary N) is 2. The molecule has 2 aromatic carbocycles. The van der Waals surface area contributed by atoms with Crippen molar-refractivity contribution >= 4 is 17.3 Å². The molecule has 106 valence electrons. The molecule has 0 aromatic heterocycles. The summed E-state index contributed by atoms with van der Waals surface area (Å²) in [6.45, 7) is 0. The van der Waals surface area contributed by atoms with Gasteiger partial charge in [0.25, 0.3) is 5.91 Å². The summed E-state index contributed by atoms with van der Waals surface area (Å²) < 4.78 is 0. The minimum atomic E-state index is -0.575. The fourth-order valence-corrected chi connectivity index (χ4v) is 1.72.